The van der Waals surface area contributed by atoms with E-state index in [0.29, 0.717) is 37.2 Å². The quantitative estimate of drug-likeness (QED) is 0.180. The van der Waals surface area contributed by atoms with Crippen molar-refractivity contribution in [2.24, 2.45) is 10.8 Å². The standard InChI is InChI=1S/C26H21ClN4O4S2/c1-14(19-13-36-23(22(19)32)15-6-8-17(27)9-7-15)30-31-26(35)21-11-10-20(37-21)25(34)29-12-16-4-2-3-5-18(16)24(28)33/h2-11,13,32H,12H2,1H3,(H2,28,33)(H,29,34)(H,31,35)/b30-14+. The summed E-state index contributed by atoms with van der Waals surface area (Å²) in [7, 11) is 0. The Kier molecular flexibility index (Phi) is 8.02. The molecule has 0 aliphatic rings. The van der Waals surface area contributed by atoms with Crippen LogP contribution in [0.1, 0.15) is 47.8 Å². The minimum Gasteiger partial charge on any atom is -0.506 e. The van der Waals surface area contributed by atoms with Crippen LogP contribution >= 0.6 is 34.3 Å². The number of amides is 3. The van der Waals surface area contributed by atoms with Crippen molar-refractivity contribution >= 4 is 57.7 Å². The summed E-state index contributed by atoms with van der Waals surface area (Å²) in [5.74, 6) is -1.39. The molecule has 2 aromatic heterocycles. The van der Waals surface area contributed by atoms with Crippen LogP contribution in [0.4, 0.5) is 0 Å². The fourth-order valence-electron chi connectivity index (χ4n) is 3.42. The number of nitrogens with zero attached hydrogens (tertiary/aromatic N) is 1. The molecule has 11 heteroatoms. The van der Waals surface area contributed by atoms with E-state index in [1.807, 2.05) is 12.1 Å². The lowest BCUT2D eigenvalue weighted by atomic mass is 10.1. The van der Waals surface area contributed by atoms with Gasteiger partial charge in [-0.2, -0.15) is 5.10 Å². The number of hydrazone groups is 1. The first-order chi connectivity index (χ1) is 17.7. The molecule has 0 saturated heterocycles. The zero-order valence-corrected chi connectivity index (χ0v) is 21.8. The second-order valence-electron chi connectivity index (χ2n) is 7.84. The van der Waals surface area contributed by atoms with Gasteiger partial charge in [-0.15, -0.1) is 22.7 Å². The predicted octanol–water partition coefficient (Wildman–Crippen LogP) is 5.02. The number of nitrogens with one attached hydrogen (secondary N) is 2. The van der Waals surface area contributed by atoms with Gasteiger partial charge < -0.3 is 16.2 Å². The Morgan fingerprint density at radius 3 is 2.35 bits per heavy atom. The number of carbonyl (C=O) groups is 3. The zero-order chi connectivity index (χ0) is 26.5. The number of halogens is 1. The summed E-state index contributed by atoms with van der Waals surface area (Å²) in [4.78, 5) is 38.0. The minimum atomic E-state index is -0.576. The van der Waals surface area contributed by atoms with Gasteiger partial charge in [0.05, 0.1) is 25.9 Å². The topological polar surface area (TPSA) is 134 Å². The first kappa shape index (κ1) is 26.1. The van der Waals surface area contributed by atoms with E-state index in [-0.39, 0.29) is 23.1 Å². The average Bonchev–Trinajstić information content (AvgIpc) is 3.54. The fraction of sp³-hybridized carbons (Fsp3) is 0.0769. The van der Waals surface area contributed by atoms with Gasteiger partial charge in [-0.1, -0.05) is 41.9 Å². The number of nitrogens with two attached hydrogens (primary N) is 1. The first-order valence-electron chi connectivity index (χ1n) is 10.9. The first-order valence-corrected chi connectivity index (χ1v) is 13.0. The van der Waals surface area contributed by atoms with E-state index in [1.54, 1.807) is 48.7 Å². The van der Waals surface area contributed by atoms with E-state index in [0.717, 1.165) is 16.9 Å². The highest BCUT2D eigenvalue weighted by molar-refractivity contribution is 7.16. The third-order valence-electron chi connectivity index (χ3n) is 5.36. The zero-order valence-electron chi connectivity index (χ0n) is 19.4. The maximum absolute atomic E-state index is 12.6. The fourth-order valence-corrected chi connectivity index (χ4v) is 5.37. The molecule has 0 atom stereocenters. The van der Waals surface area contributed by atoms with E-state index in [4.69, 9.17) is 17.3 Å². The molecule has 188 valence electrons. The van der Waals surface area contributed by atoms with Crippen molar-refractivity contribution in [3.63, 3.8) is 0 Å². The van der Waals surface area contributed by atoms with Crippen molar-refractivity contribution in [1.29, 1.82) is 0 Å². The Balaban J connectivity index is 1.39. The van der Waals surface area contributed by atoms with E-state index >= 15 is 0 Å². The smallest absolute Gasteiger partial charge is 0.281 e. The number of carbonyl (C=O) groups excluding carboxylic acids is 3. The molecule has 0 aliphatic carbocycles. The summed E-state index contributed by atoms with van der Waals surface area (Å²) >= 11 is 8.29. The third kappa shape index (κ3) is 6.05. The van der Waals surface area contributed by atoms with Crippen molar-refractivity contribution in [3.05, 3.63) is 97.5 Å². The maximum Gasteiger partial charge on any atom is 0.281 e. The van der Waals surface area contributed by atoms with Gasteiger partial charge in [0.25, 0.3) is 11.8 Å². The Bertz CT molecular complexity index is 1510. The van der Waals surface area contributed by atoms with Gasteiger partial charge in [0.15, 0.2) is 0 Å². The van der Waals surface area contributed by atoms with Crippen LogP contribution in [0.3, 0.4) is 0 Å². The van der Waals surface area contributed by atoms with Gasteiger partial charge in [0.2, 0.25) is 5.91 Å². The normalized spacial score (nSPS) is 11.2. The monoisotopic (exact) mass is 552 g/mol. The molecular weight excluding hydrogens is 532 g/mol. The summed E-state index contributed by atoms with van der Waals surface area (Å²) in [5, 5.41) is 19.9. The summed E-state index contributed by atoms with van der Waals surface area (Å²) in [6, 6.07) is 16.9. The van der Waals surface area contributed by atoms with Crippen molar-refractivity contribution in [2.45, 2.75) is 13.5 Å². The molecule has 0 bridgehead atoms. The number of aromatic hydroxyl groups is 1. The number of rotatable bonds is 8. The molecule has 2 aromatic carbocycles. The molecule has 4 aromatic rings. The SMILES string of the molecule is C/C(=N\NC(=O)c1ccc(C(=O)NCc2ccccc2C(N)=O)s1)c1csc(-c2ccc(Cl)cc2)c1O. The molecule has 37 heavy (non-hydrogen) atoms. The van der Waals surface area contributed by atoms with Gasteiger partial charge in [-0.05, 0) is 48.4 Å². The molecule has 4 rings (SSSR count). The molecule has 0 saturated carbocycles. The molecule has 0 unspecified atom stereocenters. The molecule has 0 aliphatic heterocycles. The highest BCUT2D eigenvalue weighted by Crippen LogP contribution is 2.39. The third-order valence-corrected chi connectivity index (χ3v) is 7.72. The van der Waals surface area contributed by atoms with Crippen LogP contribution in [0, 0.1) is 0 Å². The average molecular weight is 553 g/mol. The largest absolute Gasteiger partial charge is 0.506 e. The molecule has 2 heterocycles. The molecule has 0 fully saturated rings. The molecule has 8 nitrogen and oxygen atoms in total. The molecular formula is C26H21ClN4O4S2. The number of thiophene rings is 2. The lowest BCUT2D eigenvalue weighted by molar-refractivity contribution is 0.0948. The van der Waals surface area contributed by atoms with Crippen LogP contribution in [0.2, 0.25) is 5.02 Å². The van der Waals surface area contributed by atoms with Crippen LogP contribution in [-0.4, -0.2) is 28.5 Å². The Labute approximate surface area is 225 Å². The van der Waals surface area contributed by atoms with E-state index in [9.17, 15) is 19.5 Å². The second-order valence-corrected chi connectivity index (χ2v) is 10.2. The van der Waals surface area contributed by atoms with Gasteiger partial charge >= 0.3 is 0 Å². The Hall–Kier alpha value is -3.99. The van der Waals surface area contributed by atoms with Crippen LogP contribution in [0.5, 0.6) is 5.75 Å². The predicted molar refractivity (Wildman–Crippen MR) is 147 cm³/mol. The summed E-state index contributed by atoms with van der Waals surface area (Å²) in [5.41, 5.74) is 10.5. The number of hydrogen-bond donors (Lipinski definition) is 4. The maximum atomic E-state index is 12.6. The van der Waals surface area contributed by atoms with Crippen LogP contribution in [0.25, 0.3) is 10.4 Å². The highest BCUT2D eigenvalue weighted by Gasteiger charge is 2.17. The second kappa shape index (κ2) is 11.4. The number of primary amides is 1. The van der Waals surface area contributed by atoms with E-state index < -0.39 is 11.8 Å². The van der Waals surface area contributed by atoms with E-state index in [2.05, 4.69) is 15.8 Å². The number of hydrogen-bond acceptors (Lipinski definition) is 7. The number of benzene rings is 2. The van der Waals surface area contributed by atoms with E-state index in [1.165, 1.54) is 23.5 Å². The minimum absolute atomic E-state index is 0.0656. The van der Waals surface area contributed by atoms with Crippen LogP contribution in [-0.2, 0) is 6.54 Å². The lowest BCUT2D eigenvalue weighted by Gasteiger charge is -2.07. The Morgan fingerprint density at radius 2 is 1.65 bits per heavy atom. The highest BCUT2D eigenvalue weighted by atomic mass is 35.5. The van der Waals surface area contributed by atoms with Crippen LogP contribution in [0.15, 0.2) is 71.1 Å². The summed E-state index contributed by atoms with van der Waals surface area (Å²) in [6.07, 6.45) is 0. The summed E-state index contributed by atoms with van der Waals surface area (Å²) in [6.45, 7) is 1.79. The van der Waals surface area contributed by atoms with Gasteiger partial charge in [0, 0.05) is 22.5 Å². The molecule has 0 radical (unpaired) electrons. The van der Waals surface area contributed by atoms with Gasteiger partial charge in [-0.25, -0.2) is 5.43 Å². The Morgan fingerprint density at radius 1 is 0.973 bits per heavy atom. The van der Waals surface area contributed by atoms with Crippen molar-refractivity contribution in [1.82, 2.24) is 10.7 Å². The van der Waals surface area contributed by atoms with Crippen molar-refractivity contribution in [3.8, 4) is 16.2 Å². The molecule has 3 amide bonds. The van der Waals surface area contributed by atoms with Crippen LogP contribution < -0.4 is 16.5 Å². The molecule has 5 N–H and O–H groups in total. The summed E-state index contributed by atoms with van der Waals surface area (Å²) < 4.78 is 0. The van der Waals surface area contributed by atoms with Gasteiger partial charge in [-0.3, -0.25) is 14.4 Å². The van der Waals surface area contributed by atoms with Crippen molar-refractivity contribution < 1.29 is 19.5 Å². The van der Waals surface area contributed by atoms with Crippen molar-refractivity contribution in [2.75, 3.05) is 0 Å². The van der Waals surface area contributed by atoms with Gasteiger partial charge in [0.1, 0.15) is 5.75 Å². The lowest BCUT2D eigenvalue weighted by Crippen LogP contribution is -2.24. The molecule has 0 spiro atoms.